The minimum absolute atomic E-state index is 0.105. The first kappa shape index (κ1) is 13.6. The van der Waals surface area contributed by atoms with Crippen molar-refractivity contribution in [1.82, 2.24) is 5.32 Å². The van der Waals surface area contributed by atoms with Crippen LogP contribution in [-0.2, 0) is 0 Å². The second-order valence-corrected chi connectivity index (χ2v) is 5.55. The van der Waals surface area contributed by atoms with Crippen molar-refractivity contribution >= 4 is 26.9 Å². The smallest absolute Gasteiger partial charge is 0.151 e. The maximum Gasteiger partial charge on any atom is 0.151 e. The lowest BCUT2D eigenvalue weighted by Crippen LogP contribution is -2.24. The molecule has 0 fully saturated rings. The zero-order chi connectivity index (χ0) is 13.3. The minimum Gasteiger partial charge on any atom is -0.458 e. The molecule has 0 amide bonds. The van der Waals surface area contributed by atoms with Crippen molar-refractivity contribution < 1.29 is 8.81 Å². The van der Waals surface area contributed by atoms with E-state index in [9.17, 15) is 4.39 Å². The summed E-state index contributed by atoms with van der Waals surface area (Å²) in [5.74, 6) is 0.919. The van der Waals surface area contributed by atoms with E-state index in [-0.39, 0.29) is 11.9 Å². The Morgan fingerprint density at radius 2 is 2.11 bits per heavy atom. The minimum atomic E-state index is -0.248. The van der Waals surface area contributed by atoms with Crippen LogP contribution >= 0.6 is 15.9 Å². The summed E-state index contributed by atoms with van der Waals surface area (Å²) >= 11 is 3.39. The summed E-state index contributed by atoms with van der Waals surface area (Å²) in [6, 6.07) is 5.02. The van der Waals surface area contributed by atoms with Crippen LogP contribution in [0.2, 0.25) is 0 Å². The lowest BCUT2D eigenvalue weighted by molar-refractivity contribution is 0.356. The molecule has 0 bridgehead atoms. The fourth-order valence-electron chi connectivity index (χ4n) is 2.11. The molecule has 4 heteroatoms. The van der Waals surface area contributed by atoms with Crippen molar-refractivity contribution in [1.29, 1.82) is 0 Å². The average molecular weight is 314 g/mol. The molecule has 2 aromatic rings. The number of nitrogens with one attached hydrogen (secondary N) is 1. The number of benzene rings is 1. The van der Waals surface area contributed by atoms with Crippen LogP contribution in [0.1, 0.15) is 32.6 Å². The van der Waals surface area contributed by atoms with Crippen molar-refractivity contribution in [2.75, 3.05) is 6.54 Å². The first-order valence-corrected chi connectivity index (χ1v) is 6.94. The molecule has 1 N–H and O–H groups in total. The third-order valence-corrected chi connectivity index (χ3v) is 3.62. The van der Waals surface area contributed by atoms with Gasteiger partial charge >= 0.3 is 0 Å². The number of rotatable bonds is 4. The van der Waals surface area contributed by atoms with Gasteiger partial charge in [0.25, 0.3) is 0 Å². The van der Waals surface area contributed by atoms with Crippen LogP contribution in [0.25, 0.3) is 11.0 Å². The number of hydrogen-bond donors (Lipinski definition) is 1. The number of fused-ring (bicyclic) bond motifs is 1. The van der Waals surface area contributed by atoms with E-state index in [4.69, 9.17) is 4.42 Å². The highest BCUT2D eigenvalue weighted by Crippen LogP contribution is 2.33. The zero-order valence-corrected chi connectivity index (χ0v) is 12.3. The molecule has 0 aliphatic carbocycles. The lowest BCUT2D eigenvalue weighted by atomic mass is 10.0. The number of halogens is 2. The van der Waals surface area contributed by atoms with Crippen molar-refractivity contribution in [3.05, 3.63) is 34.2 Å². The fourth-order valence-corrected chi connectivity index (χ4v) is 2.54. The largest absolute Gasteiger partial charge is 0.458 e. The van der Waals surface area contributed by atoms with E-state index in [0.717, 1.165) is 16.8 Å². The van der Waals surface area contributed by atoms with Gasteiger partial charge in [-0.2, -0.15) is 0 Å². The number of furan rings is 1. The molecule has 18 heavy (non-hydrogen) atoms. The maximum atomic E-state index is 13.7. The Balaban J connectivity index is 2.52. The molecule has 0 saturated carbocycles. The second kappa shape index (κ2) is 5.41. The molecular weight excluding hydrogens is 297 g/mol. The van der Waals surface area contributed by atoms with Crippen LogP contribution in [0.15, 0.2) is 27.1 Å². The fraction of sp³-hybridized carbons (Fsp3) is 0.429. The van der Waals surface area contributed by atoms with Gasteiger partial charge in [-0.1, -0.05) is 20.8 Å². The third kappa shape index (κ3) is 2.45. The van der Waals surface area contributed by atoms with Crippen LogP contribution in [0.3, 0.4) is 0 Å². The van der Waals surface area contributed by atoms with Gasteiger partial charge in [0, 0.05) is 0 Å². The van der Waals surface area contributed by atoms with Crippen LogP contribution in [-0.4, -0.2) is 6.54 Å². The van der Waals surface area contributed by atoms with Crippen LogP contribution in [0.4, 0.5) is 4.39 Å². The predicted octanol–water partition coefficient (Wildman–Crippen LogP) is 4.64. The van der Waals surface area contributed by atoms with Gasteiger partial charge in [0.1, 0.15) is 11.6 Å². The molecular formula is C14H17BrFNO. The highest BCUT2D eigenvalue weighted by molar-refractivity contribution is 9.10. The van der Waals surface area contributed by atoms with Gasteiger partial charge in [-0.25, -0.2) is 4.39 Å². The van der Waals surface area contributed by atoms with Gasteiger partial charge < -0.3 is 9.73 Å². The first-order chi connectivity index (χ1) is 8.54. The molecule has 98 valence electrons. The van der Waals surface area contributed by atoms with E-state index in [0.29, 0.717) is 16.9 Å². The van der Waals surface area contributed by atoms with E-state index in [1.165, 1.54) is 6.07 Å². The summed E-state index contributed by atoms with van der Waals surface area (Å²) < 4.78 is 20.3. The summed E-state index contributed by atoms with van der Waals surface area (Å²) in [6.07, 6.45) is 0. The Hall–Kier alpha value is -0.870. The molecule has 2 nitrogen and oxygen atoms in total. The van der Waals surface area contributed by atoms with Crippen molar-refractivity contribution in [2.24, 2.45) is 5.92 Å². The SMILES string of the molecule is CCNC(c1cc2c(F)ccc(Br)c2o1)C(C)C. The molecule has 2 rings (SSSR count). The summed E-state index contributed by atoms with van der Waals surface area (Å²) in [7, 11) is 0. The predicted molar refractivity (Wildman–Crippen MR) is 75.1 cm³/mol. The van der Waals surface area contributed by atoms with Crippen LogP contribution < -0.4 is 5.32 Å². The molecule has 0 saturated heterocycles. The Kier molecular flexibility index (Phi) is 4.07. The van der Waals surface area contributed by atoms with E-state index in [1.807, 2.05) is 0 Å². The maximum absolute atomic E-state index is 13.7. The van der Waals surface area contributed by atoms with E-state index >= 15 is 0 Å². The zero-order valence-electron chi connectivity index (χ0n) is 10.8. The second-order valence-electron chi connectivity index (χ2n) is 4.70. The Morgan fingerprint density at radius 1 is 1.39 bits per heavy atom. The molecule has 1 aromatic carbocycles. The molecule has 0 aliphatic rings. The van der Waals surface area contributed by atoms with Crippen LogP contribution in [0.5, 0.6) is 0 Å². The third-order valence-electron chi connectivity index (χ3n) is 3.00. The van der Waals surface area contributed by atoms with Gasteiger partial charge in [-0.3, -0.25) is 0 Å². The molecule has 1 atom stereocenters. The topological polar surface area (TPSA) is 25.2 Å². The van der Waals surface area contributed by atoms with Gasteiger partial charge in [0.2, 0.25) is 0 Å². The first-order valence-electron chi connectivity index (χ1n) is 6.15. The van der Waals surface area contributed by atoms with E-state index in [2.05, 4.69) is 42.0 Å². The van der Waals surface area contributed by atoms with E-state index < -0.39 is 0 Å². The molecule has 0 spiro atoms. The van der Waals surface area contributed by atoms with E-state index in [1.54, 1.807) is 12.1 Å². The Labute approximate surface area is 115 Å². The van der Waals surface area contributed by atoms with Crippen molar-refractivity contribution in [3.63, 3.8) is 0 Å². The monoisotopic (exact) mass is 313 g/mol. The summed E-state index contributed by atoms with van der Waals surface area (Å²) in [6.45, 7) is 7.13. The molecule has 1 heterocycles. The van der Waals surface area contributed by atoms with Gasteiger partial charge in [0.05, 0.1) is 15.9 Å². The van der Waals surface area contributed by atoms with Crippen LogP contribution in [0, 0.1) is 11.7 Å². The number of hydrogen-bond acceptors (Lipinski definition) is 2. The molecule has 1 aromatic heterocycles. The van der Waals surface area contributed by atoms with Gasteiger partial charge in [-0.15, -0.1) is 0 Å². The summed E-state index contributed by atoms with van der Waals surface area (Å²) in [5.41, 5.74) is 0.577. The van der Waals surface area contributed by atoms with Gasteiger partial charge in [-0.05, 0) is 46.6 Å². The van der Waals surface area contributed by atoms with Crippen molar-refractivity contribution in [3.8, 4) is 0 Å². The summed E-state index contributed by atoms with van der Waals surface area (Å²) in [5, 5.41) is 3.90. The summed E-state index contributed by atoms with van der Waals surface area (Å²) in [4.78, 5) is 0. The Bertz CT molecular complexity index is 511. The molecule has 0 aliphatic heterocycles. The lowest BCUT2D eigenvalue weighted by Gasteiger charge is -2.19. The highest BCUT2D eigenvalue weighted by Gasteiger charge is 2.20. The molecule has 1 unspecified atom stereocenters. The van der Waals surface area contributed by atoms with Gasteiger partial charge in [0.15, 0.2) is 5.58 Å². The normalized spacial score (nSPS) is 13.4. The average Bonchev–Trinajstić information content (AvgIpc) is 2.76. The highest BCUT2D eigenvalue weighted by atomic mass is 79.9. The Morgan fingerprint density at radius 3 is 2.67 bits per heavy atom. The quantitative estimate of drug-likeness (QED) is 0.889. The molecule has 0 radical (unpaired) electrons. The standard InChI is InChI=1S/C14H17BrFNO/c1-4-17-13(8(2)3)12-7-9-11(16)6-5-10(15)14(9)18-12/h5-8,13,17H,4H2,1-3H3. The van der Waals surface area contributed by atoms with Crippen molar-refractivity contribution in [2.45, 2.75) is 26.8 Å².